The van der Waals surface area contributed by atoms with Gasteiger partial charge >= 0.3 is 0 Å². The lowest BCUT2D eigenvalue weighted by atomic mass is 10.0. The smallest absolute Gasteiger partial charge is 0.257 e. The molecule has 0 aliphatic carbocycles. The van der Waals surface area contributed by atoms with Gasteiger partial charge in [-0.15, -0.1) is 0 Å². The van der Waals surface area contributed by atoms with E-state index in [2.05, 4.69) is 10.3 Å². The summed E-state index contributed by atoms with van der Waals surface area (Å²) < 4.78 is 8.01. The van der Waals surface area contributed by atoms with Crippen molar-refractivity contribution in [2.75, 3.05) is 20.1 Å². The van der Waals surface area contributed by atoms with E-state index < -0.39 is 0 Å². The number of ether oxygens (including phenoxy) is 1. The van der Waals surface area contributed by atoms with Gasteiger partial charge in [0.2, 0.25) is 0 Å². The number of benzene rings is 1. The number of nitrogens with one attached hydrogen (secondary N) is 1. The Morgan fingerprint density at radius 1 is 1.21 bits per heavy atom. The van der Waals surface area contributed by atoms with Gasteiger partial charge in [0, 0.05) is 31.5 Å². The van der Waals surface area contributed by atoms with E-state index in [1.165, 1.54) is 0 Å². The summed E-state index contributed by atoms with van der Waals surface area (Å²) in [5.41, 5.74) is 3.50. The lowest BCUT2D eigenvalue weighted by molar-refractivity contribution is 0.0702. The number of imidazole rings is 1. The molecule has 3 heterocycles. The molecule has 1 amide bonds. The van der Waals surface area contributed by atoms with Crippen LogP contribution in [0.25, 0.3) is 5.65 Å². The molecule has 1 fully saturated rings. The molecule has 1 saturated heterocycles. The predicted molar refractivity (Wildman–Crippen MR) is 109 cm³/mol. The molecular formula is C22H26N4O2. The van der Waals surface area contributed by atoms with Crippen LogP contribution >= 0.6 is 0 Å². The quantitative estimate of drug-likeness (QED) is 0.741. The minimum Gasteiger partial charge on any atom is -0.486 e. The first-order valence-corrected chi connectivity index (χ1v) is 9.77. The third-order valence-electron chi connectivity index (χ3n) is 5.41. The molecular weight excluding hydrogens is 352 g/mol. The monoisotopic (exact) mass is 378 g/mol. The number of nitrogens with zero attached hydrogens (tertiary/aromatic N) is 3. The number of likely N-dealkylation sites (tertiary alicyclic amines) is 1. The Bertz CT molecular complexity index is 974. The Labute approximate surface area is 165 Å². The number of aryl methyl sites for hydroxylation is 1. The van der Waals surface area contributed by atoms with Crippen LogP contribution in [0.15, 0.2) is 48.8 Å². The zero-order valence-corrected chi connectivity index (χ0v) is 16.4. The molecule has 1 aromatic carbocycles. The van der Waals surface area contributed by atoms with Crippen LogP contribution in [0.5, 0.6) is 5.75 Å². The van der Waals surface area contributed by atoms with Crippen molar-refractivity contribution in [3.05, 3.63) is 65.6 Å². The van der Waals surface area contributed by atoms with Gasteiger partial charge in [-0.1, -0.05) is 18.2 Å². The van der Waals surface area contributed by atoms with Gasteiger partial charge in [-0.05, 0) is 50.6 Å². The molecule has 0 unspecified atom stereocenters. The molecule has 1 N–H and O–H groups in total. The van der Waals surface area contributed by atoms with Crippen LogP contribution in [0.3, 0.4) is 0 Å². The van der Waals surface area contributed by atoms with Crippen molar-refractivity contribution >= 4 is 11.6 Å². The molecule has 0 spiro atoms. The molecule has 6 heteroatoms. The number of fused-ring (bicyclic) bond motifs is 1. The molecule has 0 bridgehead atoms. The minimum absolute atomic E-state index is 0.0380. The van der Waals surface area contributed by atoms with Crippen molar-refractivity contribution in [3.63, 3.8) is 0 Å². The van der Waals surface area contributed by atoms with Crippen molar-refractivity contribution in [1.29, 1.82) is 0 Å². The van der Waals surface area contributed by atoms with Gasteiger partial charge in [-0.25, -0.2) is 4.98 Å². The number of hydrogen-bond donors (Lipinski definition) is 1. The highest BCUT2D eigenvalue weighted by atomic mass is 16.5. The zero-order chi connectivity index (χ0) is 19.5. The second-order valence-corrected chi connectivity index (χ2v) is 7.29. The number of rotatable bonds is 5. The maximum absolute atomic E-state index is 13.0. The first kappa shape index (κ1) is 18.5. The zero-order valence-electron chi connectivity index (χ0n) is 16.4. The molecule has 1 aliphatic rings. The van der Waals surface area contributed by atoms with Crippen LogP contribution in [0.4, 0.5) is 0 Å². The average molecular weight is 378 g/mol. The van der Waals surface area contributed by atoms with Gasteiger partial charge in [-0.2, -0.15) is 0 Å². The number of amides is 1. The van der Waals surface area contributed by atoms with Crippen LogP contribution in [-0.4, -0.2) is 46.4 Å². The fourth-order valence-electron chi connectivity index (χ4n) is 3.74. The van der Waals surface area contributed by atoms with Crippen molar-refractivity contribution in [1.82, 2.24) is 19.6 Å². The molecule has 4 rings (SSSR count). The third-order valence-corrected chi connectivity index (χ3v) is 5.41. The van der Waals surface area contributed by atoms with Crippen LogP contribution in [0, 0.1) is 6.92 Å². The molecule has 0 radical (unpaired) electrons. The Balaban J connectivity index is 1.48. The lowest BCUT2D eigenvalue weighted by Crippen LogP contribution is -2.44. The topological polar surface area (TPSA) is 58.9 Å². The summed E-state index contributed by atoms with van der Waals surface area (Å²) in [7, 11) is 1.98. The maximum atomic E-state index is 13.0. The SMILES string of the molecule is CNC1CCN(C(=O)c2ccccc2OCc2cn3cccc(C)c3n2)CC1. The summed E-state index contributed by atoms with van der Waals surface area (Å²) in [6.07, 6.45) is 5.90. The number of pyridine rings is 1. The molecule has 2 aromatic heterocycles. The van der Waals surface area contributed by atoms with Crippen LogP contribution in [-0.2, 0) is 6.61 Å². The molecule has 6 nitrogen and oxygen atoms in total. The highest BCUT2D eigenvalue weighted by molar-refractivity contribution is 5.97. The molecule has 3 aromatic rings. The highest BCUT2D eigenvalue weighted by Gasteiger charge is 2.24. The normalized spacial score (nSPS) is 15.1. The Hall–Kier alpha value is -2.86. The summed E-state index contributed by atoms with van der Waals surface area (Å²) in [6.45, 7) is 3.90. The number of carbonyl (C=O) groups excluding carboxylic acids is 1. The Kier molecular flexibility index (Phi) is 5.30. The van der Waals surface area contributed by atoms with Gasteiger partial charge in [0.1, 0.15) is 18.0 Å². The Morgan fingerprint density at radius 3 is 2.75 bits per heavy atom. The largest absolute Gasteiger partial charge is 0.486 e. The molecule has 0 atom stereocenters. The summed E-state index contributed by atoms with van der Waals surface area (Å²) in [5, 5.41) is 3.30. The fraction of sp³-hybridized carbons (Fsp3) is 0.364. The lowest BCUT2D eigenvalue weighted by Gasteiger charge is -2.32. The van der Waals surface area contributed by atoms with Crippen molar-refractivity contribution in [2.45, 2.75) is 32.4 Å². The summed E-state index contributed by atoms with van der Waals surface area (Å²) >= 11 is 0. The summed E-state index contributed by atoms with van der Waals surface area (Å²) in [6, 6.07) is 12.0. The van der Waals surface area contributed by atoms with Gasteiger partial charge in [0.15, 0.2) is 0 Å². The average Bonchev–Trinajstić information content (AvgIpc) is 3.17. The number of para-hydroxylation sites is 1. The molecule has 1 aliphatic heterocycles. The summed E-state index contributed by atoms with van der Waals surface area (Å²) in [5.74, 6) is 0.646. The highest BCUT2D eigenvalue weighted by Crippen LogP contribution is 2.23. The number of piperidine rings is 1. The molecule has 146 valence electrons. The van der Waals surface area contributed by atoms with Gasteiger partial charge in [-0.3, -0.25) is 4.79 Å². The summed E-state index contributed by atoms with van der Waals surface area (Å²) in [4.78, 5) is 19.6. The van der Waals surface area contributed by atoms with E-state index in [4.69, 9.17) is 4.74 Å². The van der Waals surface area contributed by atoms with Crippen LogP contribution in [0.1, 0.15) is 34.5 Å². The van der Waals surface area contributed by atoms with Crippen molar-refractivity contribution in [3.8, 4) is 5.75 Å². The fourth-order valence-corrected chi connectivity index (χ4v) is 3.74. The number of aromatic nitrogens is 2. The van der Waals surface area contributed by atoms with E-state index in [0.29, 0.717) is 24.0 Å². The first-order chi connectivity index (χ1) is 13.7. The Morgan fingerprint density at radius 2 is 2.00 bits per heavy atom. The van der Waals surface area contributed by atoms with Gasteiger partial charge < -0.3 is 19.4 Å². The second-order valence-electron chi connectivity index (χ2n) is 7.29. The second kappa shape index (κ2) is 8.02. The van der Waals surface area contributed by atoms with E-state index in [9.17, 15) is 4.79 Å². The van der Waals surface area contributed by atoms with E-state index in [1.54, 1.807) is 0 Å². The van der Waals surface area contributed by atoms with E-state index >= 15 is 0 Å². The number of hydrogen-bond acceptors (Lipinski definition) is 4. The van der Waals surface area contributed by atoms with Gasteiger partial charge in [0.25, 0.3) is 5.91 Å². The van der Waals surface area contributed by atoms with Gasteiger partial charge in [0.05, 0.1) is 11.3 Å². The van der Waals surface area contributed by atoms with Crippen molar-refractivity contribution < 1.29 is 9.53 Å². The third kappa shape index (κ3) is 3.73. The first-order valence-electron chi connectivity index (χ1n) is 9.77. The molecule has 28 heavy (non-hydrogen) atoms. The maximum Gasteiger partial charge on any atom is 0.257 e. The number of carbonyl (C=O) groups is 1. The molecule has 0 saturated carbocycles. The van der Waals surface area contributed by atoms with E-state index in [1.807, 2.05) is 72.1 Å². The van der Waals surface area contributed by atoms with Crippen molar-refractivity contribution in [2.24, 2.45) is 0 Å². The van der Waals surface area contributed by atoms with E-state index in [-0.39, 0.29) is 5.91 Å². The van der Waals surface area contributed by atoms with E-state index in [0.717, 1.165) is 42.8 Å². The standard InChI is InChI=1S/C22H26N4O2/c1-16-6-5-11-26-14-18(24-21(16)26)15-28-20-8-4-3-7-19(20)22(27)25-12-9-17(23-2)10-13-25/h3-8,11,14,17,23H,9-10,12-13,15H2,1-2H3. The van der Waals surface area contributed by atoms with Crippen LogP contribution in [0.2, 0.25) is 0 Å². The minimum atomic E-state index is 0.0380. The predicted octanol–water partition coefficient (Wildman–Crippen LogP) is 3.05. The van der Waals surface area contributed by atoms with Crippen LogP contribution < -0.4 is 10.1 Å².